The van der Waals surface area contributed by atoms with E-state index in [1.165, 1.54) is 5.56 Å². The van der Waals surface area contributed by atoms with Gasteiger partial charge in [-0.3, -0.25) is 9.36 Å². The van der Waals surface area contributed by atoms with E-state index in [9.17, 15) is 4.79 Å². The molecule has 1 amide bonds. The first-order valence-electron chi connectivity index (χ1n) is 8.84. The molecular weight excluding hydrogens is 336 g/mol. The van der Waals surface area contributed by atoms with Crippen LogP contribution in [0.5, 0.6) is 0 Å². The molecule has 4 rings (SSSR count). The molecule has 0 saturated carbocycles. The van der Waals surface area contributed by atoms with Crippen LogP contribution in [0.4, 0.5) is 0 Å². The van der Waals surface area contributed by atoms with Gasteiger partial charge in [0, 0.05) is 18.3 Å². The fourth-order valence-corrected chi connectivity index (χ4v) is 3.03. The molecular formula is C22H20N4O. The number of nitrogens with zero attached hydrogens (tertiary/aromatic N) is 3. The van der Waals surface area contributed by atoms with Gasteiger partial charge in [0.1, 0.15) is 11.8 Å². The number of nitrogens with one attached hydrogen (secondary N) is 1. The van der Waals surface area contributed by atoms with Gasteiger partial charge >= 0.3 is 0 Å². The van der Waals surface area contributed by atoms with Crippen LogP contribution >= 0.6 is 0 Å². The summed E-state index contributed by atoms with van der Waals surface area (Å²) < 4.78 is 1.92. The maximum atomic E-state index is 12.6. The lowest BCUT2D eigenvalue weighted by atomic mass is 10.1. The first kappa shape index (κ1) is 17.0. The number of carbonyl (C=O) groups is 1. The van der Waals surface area contributed by atoms with E-state index in [0.29, 0.717) is 12.1 Å². The minimum atomic E-state index is -0.103. The summed E-state index contributed by atoms with van der Waals surface area (Å²) >= 11 is 0. The monoisotopic (exact) mass is 356 g/mol. The van der Waals surface area contributed by atoms with Crippen molar-refractivity contribution in [2.75, 3.05) is 0 Å². The fraction of sp³-hybridized carbons (Fsp3) is 0.136. The molecule has 0 spiro atoms. The van der Waals surface area contributed by atoms with Crippen molar-refractivity contribution in [1.82, 2.24) is 19.9 Å². The van der Waals surface area contributed by atoms with Gasteiger partial charge in [0.25, 0.3) is 5.91 Å². The molecule has 0 radical (unpaired) electrons. The van der Waals surface area contributed by atoms with Crippen molar-refractivity contribution >= 4 is 17.1 Å². The second-order valence-corrected chi connectivity index (χ2v) is 6.63. The Morgan fingerprint density at radius 2 is 1.85 bits per heavy atom. The standard InChI is InChI=1S/C22H20N4O/c1-15-5-8-17(9-6-15)13-24-22(27)18-10-7-16(2)20(12-18)26-14-25-19-4-3-11-23-21(19)26/h3-12,14H,13H2,1-2H3,(H,24,27). The predicted octanol–water partition coefficient (Wildman–Crippen LogP) is 3.97. The number of hydrogen-bond donors (Lipinski definition) is 1. The number of imidazole rings is 1. The molecule has 0 unspecified atom stereocenters. The largest absolute Gasteiger partial charge is 0.348 e. The SMILES string of the molecule is Cc1ccc(CNC(=O)c2ccc(C)c(-n3cnc4cccnc43)c2)cc1. The molecule has 0 saturated heterocycles. The first-order valence-corrected chi connectivity index (χ1v) is 8.84. The van der Waals surface area contributed by atoms with Crippen LogP contribution in [0.25, 0.3) is 16.9 Å². The lowest BCUT2D eigenvalue weighted by Gasteiger charge is -2.11. The summed E-state index contributed by atoms with van der Waals surface area (Å²) in [6, 6.07) is 17.6. The zero-order valence-electron chi connectivity index (χ0n) is 15.3. The molecule has 0 aliphatic heterocycles. The second kappa shape index (κ2) is 7.03. The summed E-state index contributed by atoms with van der Waals surface area (Å²) in [5.41, 5.74) is 6.44. The van der Waals surface area contributed by atoms with Crippen molar-refractivity contribution < 1.29 is 4.79 Å². The number of fused-ring (bicyclic) bond motifs is 1. The quantitative estimate of drug-likeness (QED) is 0.602. The van der Waals surface area contributed by atoms with Gasteiger partial charge in [-0.2, -0.15) is 0 Å². The van der Waals surface area contributed by atoms with E-state index in [1.807, 2.05) is 73.0 Å². The summed E-state index contributed by atoms with van der Waals surface area (Å²) in [6.07, 6.45) is 3.49. The number of carbonyl (C=O) groups excluding carboxylic acids is 1. The Hall–Kier alpha value is -3.47. The summed E-state index contributed by atoms with van der Waals surface area (Å²) in [4.78, 5) is 21.4. The Morgan fingerprint density at radius 3 is 2.67 bits per heavy atom. The van der Waals surface area contributed by atoms with Crippen molar-refractivity contribution in [3.63, 3.8) is 0 Å². The third kappa shape index (κ3) is 3.44. The van der Waals surface area contributed by atoms with E-state index in [2.05, 4.69) is 15.3 Å². The lowest BCUT2D eigenvalue weighted by molar-refractivity contribution is 0.0951. The number of benzene rings is 2. The highest BCUT2D eigenvalue weighted by Crippen LogP contribution is 2.20. The molecule has 2 aromatic heterocycles. The van der Waals surface area contributed by atoms with Gasteiger partial charge in [0.05, 0.1) is 5.69 Å². The molecule has 0 aliphatic rings. The number of amides is 1. The number of aromatic nitrogens is 3. The van der Waals surface area contributed by atoms with Crippen molar-refractivity contribution in [2.45, 2.75) is 20.4 Å². The molecule has 4 aromatic rings. The first-order chi connectivity index (χ1) is 13.1. The van der Waals surface area contributed by atoms with Gasteiger partial charge in [-0.15, -0.1) is 0 Å². The average molecular weight is 356 g/mol. The minimum Gasteiger partial charge on any atom is -0.348 e. The lowest BCUT2D eigenvalue weighted by Crippen LogP contribution is -2.23. The van der Waals surface area contributed by atoms with E-state index < -0.39 is 0 Å². The molecule has 2 aromatic carbocycles. The Bertz CT molecular complexity index is 1110. The predicted molar refractivity (Wildman–Crippen MR) is 106 cm³/mol. The number of hydrogen-bond acceptors (Lipinski definition) is 3. The topological polar surface area (TPSA) is 59.8 Å². The van der Waals surface area contributed by atoms with Crippen LogP contribution in [0.2, 0.25) is 0 Å². The van der Waals surface area contributed by atoms with Gasteiger partial charge in [-0.05, 0) is 49.2 Å². The highest BCUT2D eigenvalue weighted by molar-refractivity contribution is 5.95. The smallest absolute Gasteiger partial charge is 0.251 e. The molecule has 27 heavy (non-hydrogen) atoms. The maximum Gasteiger partial charge on any atom is 0.251 e. The maximum absolute atomic E-state index is 12.6. The van der Waals surface area contributed by atoms with Crippen LogP contribution in [-0.4, -0.2) is 20.4 Å². The summed E-state index contributed by atoms with van der Waals surface area (Å²) in [6.45, 7) is 4.56. The Balaban J connectivity index is 1.60. The number of rotatable bonds is 4. The summed E-state index contributed by atoms with van der Waals surface area (Å²) in [7, 11) is 0. The highest BCUT2D eigenvalue weighted by Gasteiger charge is 2.12. The third-order valence-corrected chi connectivity index (χ3v) is 4.61. The Labute approximate surface area is 157 Å². The van der Waals surface area contributed by atoms with Crippen LogP contribution in [0.1, 0.15) is 27.0 Å². The minimum absolute atomic E-state index is 0.103. The number of aryl methyl sites for hydroxylation is 2. The van der Waals surface area contributed by atoms with Crippen LogP contribution in [0, 0.1) is 13.8 Å². The van der Waals surface area contributed by atoms with Crippen LogP contribution in [-0.2, 0) is 6.54 Å². The van der Waals surface area contributed by atoms with Gasteiger partial charge in [-0.25, -0.2) is 9.97 Å². The van der Waals surface area contributed by atoms with Gasteiger partial charge in [0.15, 0.2) is 5.65 Å². The van der Waals surface area contributed by atoms with Crippen molar-refractivity contribution in [3.8, 4) is 5.69 Å². The van der Waals surface area contributed by atoms with Crippen LogP contribution < -0.4 is 5.32 Å². The number of pyridine rings is 1. The zero-order chi connectivity index (χ0) is 18.8. The van der Waals surface area contributed by atoms with E-state index in [1.54, 1.807) is 12.5 Å². The van der Waals surface area contributed by atoms with E-state index in [-0.39, 0.29) is 5.91 Å². The molecule has 0 aliphatic carbocycles. The molecule has 0 bridgehead atoms. The van der Waals surface area contributed by atoms with Gasteiger partial charge in [0.2, 0.25) is 0 Å². The molecule has 1 N–H and O–H groups in total. The van der Waals surface area contributed by atoms with E-state index >= 15 is 0 Å². The van der Waals surface area contributed by atoms with Gasteiger partial charge < -0.3 is 5.32 Å². The van der Waals surface area contributed by atoms with Crippen molar-refractivity contribution in [2.24, 2.45) is 0 Å². The molecule has 5 nitrogen and oxygen atoms in total. The van der Waals surface area contributed by atoms with Gasteiger partial charge in [-0.1, -0.05) is 35.9 Å². The average Bonchev–Trinajstić information content (AvgIpc) is 3.12. The Morgan fingerprint density at radius 1 is 1.04 bits per heavy atom. The molecule has 134 valence electrons. The molecule has 0 fully saturated rings. The fourth-order valence-electron chi connectivity index (χ4n) is 3.03. The summed E-state index contributed by atoms with van der Waals surface area (Å²) in [5.74, 6) is -0.103. The van der Waals surface area contributed by atoms with Crippen molar-refractivity contribution in [3.05, 3.63) is 89.4 Å². The second-order valence-electron chi connectivity index (χ2n) is 6.63. The third-order valence-electron chi connectivity index (χ3n) is 4.61. The Kier molecular flexibility index (Phi) is 4.42. The molecule has 5 heteroatoms. The molecule has 0 atom stereocenters. The van der Waals surface area contributed by atoms with Crippen LogP contribution in [0.3, 0.4) is 0 Å². The summed E-state index contributed by atoms with van der Waals surface area (Å²) in [5, 5.41) is 2.98. The molecule has 2 heterocycles. The van der Waals surface area contributed by atoms with E-state index in [4.69, 9.17) is 0 Å². The normalized spacial score (nSPS) is 10.9. The zero-order valence-corrected chi connectivity index (χ0v) is 15.3. The van der Waals surface area contributed by atoms with Crippen molar-refractivity contribution in [1.29, 1.82) is 0 Å². The van der Waals surface area contributed by atoms with E-state index in [0.717, 1.165) is 28.0 Å². The highest BCUT2D eigenvalue weighted by atomic mass is 16.1. The van der Waals surface area contributed by atoms with Crippen LogP contribution in [0.15, 0.2) is 67.1 Å².